The summed E-state index contributed by atoms with van der Waals surface area (Å²) in [6.07, 6.45) is -5.96. The molecule has 0 aliphatic carbocycles. The smallest absolute Gasteiger partial charge is 0.449 e. The number of hydrogen-bond acceptors (Lipinski definition) is 7. The van der Waals surface area contributed by atoms with Crippen LogP contribution in [-0.4, -0.2) is 18.1 Å². The minimum atomic E-state index is -5.08. The van der Waals surface area contributed by atoms with E-state index in [0.29, 0.717) is 5.02 Å². The lowest BCUT2D eigenvalue weighted by atomic mass is 10.2. The highest BCUT2D eigenvalue weighted by Crippen LogP contribution is 2.38. The van der Waals surface area contributed by atoms with Crippen LogP contribution in [0.1, 0.15) is 18.2 Å². The second kappa shape index (κ2) is 11.5. The number of benzene rings is 3. The second-order valence-corrected chi connectivity index (χ2v) is 8.59. The van der Waals surface area contributed by atoms with Crippen molar-refractivity contribution in [3.8, 4) is 17.2 Å². The maximum Gasteiger partial charge on any atom is 0.453 e. The minimum Gasteiger partial charge on any atom is -0.449 e. The van der Waals surface area contributed by atoms with E-state index in [-0.39, 0.29) is 23.5 Å². The molecule has 0 aliphatic heterocycles. The van der Waals surface area contributed by atoms with E-state index in [1.54, 1.807) is 30.3 Å². The van der Waals surface area contributed by atoms with Gasteiger partial charge in [0, 0.05) is 11.1 Å². The van der Waals surface area contributed by atoms with Crippen LogP contribution < -0.4 is 20.2 Å². The lowest BCUT2D eigenvalue weighted by molar-refractivity contribution is -0.154. The Morgan fingerprint density at radius 2 is 1.67 bits per heavy atom. The van der Waals surface area contributed by atoms with Crippen molar-refractivity contribution in [1.82, 2.24) is 5.32 Å². The van der Waals surface area contributed by atoms with E-state index in [2.05, 4.69) is 5.32 Å². The van der Waals surface area contributed by atoms with Crippen LogP contribution in [0.4, 0.5) is 18.0 Å². The number of carbonyl (C=O) groups is 2. The predicted octanol–water partition coefficient (Wildman–Crippen LogP) is 6.48. The van der Waals surface area contributed by atoms with Crippen molar-refractivity contribution in [3.05, 3.63) is 99.4 Å². The van der Waals surface area contributed by atoms with Crippen LogP contribution in [0.25, 0.3) is 11.0 Å². The molecule has 4 rings (SSSR count). The number of fused-ring (bicyclic) bond motifs is 1. The lowest BCUT2D eigenvalue weighted by Gasteiger charge is -2.15. The number of alkyl carbamates (subject to hydrolysis) is 1. The van der Waals surface area contributed by atoms with Gasteiger partial charge in [0.15, 0.2) is 0 Å². The van der Waals surface area contributed by atoms with Gasteiger partial charge in [-0.15, -0.1) is 0 Å². The highest BCUT2D eigenvalue weighted by molar-refractivity contribution is 6.30. The Morgan fingerprint density at radius 3 is 2.33 bits per heavy atom. The molecule has 12 heteroatoms. The zero-order valence-corrected chi connectivity index (χ0v) is 20.8. The average Bonchev–Trinajstić information content (AvgIpc) is 2.90. The Balaban J connectivity index is 1.51. The highest BCUT2D eigenvalue weighted by Gasteiger charge is 2.40. The highest BCUT2D eigenvalue weighted by atomic mass is 35.5. The number of nitrogens with one attached hydrogen (secondary N) is 1. The van der Waals surface area contributed by atoms with Crippen molar-refractivity contribution in [2.24, 2.45) is 0 Å². The quantitative estimate of drug-likeness (QED) is 0.203. The SMILES string of the molecule is C[C@@H](NC(=O)OCc1ccccc1)C(=O)Oc1ccc2c(=O)c(Oc3ccc(Cl)cc3)c(C(F)(F)F)oc2c1. The Hall–Kier alpha value is -4.51. The molecule has 3 aromatic carbocycles. The largest absolute Gasteiger partial charge is 0.453 e. The van der Waals surface area contributed by atoms with Gasteiger partial charge in [0.1, 0.15) is 29.7 Å². The molecule has 0 radical (unpaired) electrons. The average molecular weight is 562 g/mol. The van der Waals surface area contributed by atoms with Crippen LogP contribution in [0.5, 0.6) is 17.2 Å². The van der Waals surface area contributed by atoms with Crippen LogP contribution in [0, 0.1) is 0 Å². The van der Waals surface area contributed by atoms with Gasteiger partial charge in [0.2, 0.25) is 11.2 Å². The molecule has 0 saturated heterocycles. The molecular weight excluding hydrogens is 543 g/mol. The van der Waals surface area contributed by atoms with Crippen LogP contribution in [0.2, 0.25) is 5.02 Å². The molecular formula is C27H19ClF3NO7. The number of amides is 1. The van der Waals surface area contributed by atoms with E-state index in [0.717, 1.165) is 17.7 Å². The Bertz CT molecular complexity index is 1550. The normalized spacial score (nSPS) is 12.0. The van der Waals surface area contributed by atoms with Gasteiger partial charge in [-0.1, -0.05) is 41.9 Å². The molecule has 1 N–H and O–H groups in total. The van der Waals surface area contributed by atoms with Gasteiger partial charge in [0.25, 0.3) is 5.76 Å². The molecule has 1 aromatic heterocycles. The van der Waals surface area contributed by atoms with Crippen molar-refractivity contribution in [1.29, 1.82) is 0 Å². The first-order valence-corrected chi connectivity index (χ1v) is 11.7. The lowest BCUT2D eigenvalue weighted by Crippen LogP contribution is -2.41. The fourth-order valence-corrected chi connectivity index (χ4v) is 3.45. The third-order valence-corrected chi connectivity index (χ3v) is 5.48. The van der Waals surface area contributed by atoms with Gasteiger partial charge < -0.3 is 23.9 Å². The fraction of sp³-hybridized carbons (Fsp3) is 0.148. The van der Waals surface area contributed by atoms with Crippen molar-refractivity contribution in [3.63, 3.8) is 0 Å². The predicted molar refractivity (Wildman–Crippen MR) is 134 cm³/mol. The van der Waals surface area contributed by atoms with Gasteiger partial charge in [-0.2, -0.15) is 13.2 Å². The van der Waals surface area contributed by atoms with Crippen LogP contribution in [-0.2, 0) is 22.3 Å². The summed E-state index contributed by atoms with van der Waals surface area (Å²) in [4.78, 5) is 37.3. The summed E-state index contributed by atoms with van der Waals surface area (Å²) >= 11 is 5.78. The van der Waals surface area contributed by atoms with Crippen molar-refractivity contribution in [2.75, 3.05) is 0 Å². The molecule has 1 atom stereocenters. The molecule has 1 heterocycles. The standard InChI is InChI=1S/C27H19ClF3NO7/c1-15(32-26(35)36-14-16-5-3-2-4-6-16)25(34)38-19-11-12-20-21(13-19)39-24(27(29,30)31)23(22(20)33)37-18-9-7-17(28)8-10-18/h2-13,15H,14H2,1H3,(H,32,35)/t15-/m1/s1. The number of alkyl halides is 3. The van der Waals surface area contributed by atoms with Crippen molar-refractivity contribution in [2.45, 2.75) is 25.7 Å². The first kappa shape index (κ1) is 27.5. The van der Waals surface area contributed by atoms with Gasteiger partial charge in [0.05, 0.1) is 5.39 Å². The molecule has 0 aliphatic rings. The Morgan fingerprint density at radius 1 is 1.00 bits per heavy atom. The first-order valence-electron chi connectivity index (χ1n) is 11.3. The summed E-state index contributed by atoms with van der Waals surface area (Å²) in [5.74, 6) is -3.96. The summed E-state index contributed by atoms with van der Waals surface area (Å²) in [7, 11) is 0. The molecule has 0 unspecified atom stereocenters. The molecule has 1 amide bonds. The summed E-state index contributed by atoms with van der Waals surface area (Å²) in [6.45, 7) is 1.30. The molecule has 0 bridgehead atoms. The van der Waals surface area contributed by atoms with Gasteiger partial charge in [-0.3, -0.25) is 4.79 Å². The number of rotatable bonds is 7. The molecule has 202 valence electrons. The molecule has 0 saturated carbocycles. The molecule has 39 heavy (non-hydrogen) atoms. The minimum absolute atomic E-state index is 0.0244. The summed E-state index contributed by atoms with van der Waals surface area (Å²) < 4.78 is 61.7. The molecule has 4 aromatic rings. The number of carbonyl (C=O) groups excluding carboxylic acids is 2. The van der Waals surface area contributed by atoms with E-state index in [9.17, 15) is 27.6 Å². The topological polar surface area (TPSA) is 104 Å². The van der Waals surface area contributed by atoms with E-state index in [4.69, 9.17) is 30.2 Å². The van der Waals surface area contributed by atoms with Crippen LogP contribution >= 0.6 is 11.6 Å². The maximum atomic E-state index is 13.8. The zero-order valence-electron chi connectivity index (χ0n) is 20.1. The Labute approximate surface area is 223 Å². The van der Waals surface area contributed by atoms with Gasteiger partial charge >= 0.3 is 18.2 Å². The van der Waals surface area contributed by atoms with Gasteiger partial charge in [-0.05, 0) is 48.9 Å². The number of halogens is 4. The molecule has 8 nitrogen and oxygen atoms in total. The first-order chi connectivity index (χ1) is 18.5. The molecule has 0 fully saturated rings. The van der Waals surface area contributed by atoms with Crippen LogP contribution in [0.3, 0.4) is 0 Å². The Kier molecular flexibility index (Phi) is 8.10. The molecule has 0 spiro atoms. The summed E-state index contributed by atoms with van der Waals surface area (Å²) in [5.41, 5.74) is -0.850. The van der Waals surface area contributed by atoms with E-state index in [1.807, 2.05) is 0 Å². The van der Waals surface area contributed by atoms with E-state index >= 15 is 0 Å². The number of ether oxygens (including phenoxy) is 3. The summed E-state index contributed by atoms with van der Waals surface area (Å²) in [5, 5.41) is 2.37. The maximum absolute atomic E-state index is 13.8. The van der Waals surface area contributed by atoms with E-state index < -0.39 is 46.8 Å². The summed E-state index contributed by atoms with van der Waals surface area (Å²) in [6, 6.07) is 16.3. The van der Waals surface area contributed by atoms with Crippen molar-refractivity contribution < 1.29 is 41.4 Å². The fourth-order valence-electron chi connectivity index (χ4n) is 3.32. The van der Waals surface area contributed by atoms with Crippen molar-refractivity contribution >= 4 is 34.6 Å². The zero-order chi connectivity index (χ0) is 28.2. The number of esters is 1. The van der Waals surface area contributed by atoms with Crippen LogP contribution in [0.15, 0.2) is 82.0 Å². The monoisotopic (exact) mass is 561 g/mol. The van der Waals surface area contributed by atoms with Gasteiger partial charge in [-0.25, -0.2) is 9.59 Å². The third kappa shape index (κ3) is 6.88. The number of hydrogen-bond donors (Lipinski definition) is 1. The van der Waals surface area contributed by atoms with E-state index in [1.165, 1.54) is 37.3 Å². The third-order valence-electron chi connectivity index (χ3n) is 5.23. The second-order valence-electron chi connectivity index (χ2n) is 8.15.